The van der Waals surface area contributed by atoms with Gasteiger partial charge in [-0.25, -0.2) is 0 Å². The Labute approximate surface area is 83.7 Å². The minimum absolute atomic E-state index is 0.120. The van der Waals surface area contributed by atoms with E-state index in [9.17, 15) is 9.59 Å². The molecule has 1 amide bonds. The molecule has 80 valence electrons. The predicted molar refractivity (Wildman–Crippen MR) is 51.8 cm³/mol. The Morgan fingerprint density at radius 1 is 1.36 bits per heavy atom. The third kappa shape index (κ3) is 2.25. The Hall–Kier alpha value is -1.06. The van der Waals surface area contributed by atoms with Crippen LogP contribution in [0.5, 0.6) is 0 Å². The summed E-state index contributed by atoms with van der Waals surface area (Å²) in [7, 11) is 0. The van der Waals surface area contributed by atoms with Gasteiger partial charge in [0.2, 0.25) is 5.91 Å². The van der Waals surface area contributed by atoms with Gasteiger partial charge in [0.1, 0.15) is 6.04 Å². The van der Waals surface area contributed by atoms with Gasteiger partial charge < -0.3 is 10.4 Å². The highest BCUT2D eigenvalue weighted by molar-refractivity contribution is 5.87. The second-order valence-corrected chi connectivity index (χ2v) is 4.30. The average Bonchev–Trinajstić information content (AvgIpc) is 2.53. The van der Waals surface area contributed by atoms with Crippen molar-refractivity contribution in [2.24, 2.45) is 5.41 Å². The fourth-order valence-corrected chi connectivity index (χ4v) is 1.82. The number of hydrogen-bond acceptors (Lipinski definition) is 2. The fourth-order valence-electron chi connectivity index (χ4n) is 1.82. The molecule has 0 aromatic heterocycles. The Kier molecular flexibility index (Phi) is 3.13. The molecule has 0 saturated heterocycles. The van der Waals surface area contributed by atoms with Gasteiger partial charge >= 0.3 is 5.97 Å². The number of carbonyl (C=O) groups excluding carboxylic acids is 1. The molecule has 1 unspecified atom stereocenters. The summed E-state index contributed by atoms with van der Waals surface area (Å²) in [4.78, 5) is 22.2. The number of nitrogens with one attached hydrogen (secondary N) is 1. The number of carboxylic acid groups (broad SMARTS) is 1. The summed E-state index contributed by atoms with van der Waals surface area (Å²) >= 11 is 0. The van der Waals surface area contributed by atoms with E-state index < -0.39 is 12.0 Å². The molecule has 0 bridgehead atoms. The highest BCUT2D eigenvalue weighted by atomic mass is 16.4. The van der Waals surface area contributed by atoms with Crippen LogP contribution < -0.4 is 5.32 Å². The van der Waals surface area contributed by atoms with Gasteiger partial charge in [-0.05, 0) is 19.8 Å². The topological polar surface area (TPSA) is 66.4 Å². The largest absolute Gasteiger partial charge is 0.480 e. The van der Waals surface area contributed by atoms with Crippen molar-refractivity contribution in [2.45, 2.75) is 45.6 Å². The van der Waals surface area contributed by atoms with E-state index >= 15 is 0 Å². The van der Waals surface area contributed by atoms with Crippen LogP contribution in [0, 0.1) is 5.41 Å². The van der Waals surface area contributed by atoms with Gasteiger partial charge in [0.15, 0.2) is 0 Å². The van der Waals surface area contributed by atoms with Crippen LogP contribution in [0.2, 0.25) is 0 Å². The molecule has 4 nitrogen and oxygen atoms in total. The van der Waals surface area contributed by atoms with Crippen LogP contribution in [-0.4, -0.2) is 23.0 Å². The Morgan fingerprint density at radius 3 is 2.29 bits per heavy atom. The summed E-state index contributed by atoms with van der Waals surface area (Å²) in [5, 5.41) is 11.2. The van der Waals surface area contributed by atoms with E-state index in [1.165, 1.54) is 6.92 Å². The maximum atomic E-state index is 11.7. The van der Waals surface area contributed by atoms with Crippen molar-refractivity contribution in [1.29, 1.82) is 0 Å². The molecule has 0 spiro atoms. The first-order valence-electron chi connectivity index (χ1n) is 4.99. The van der Waals surface area contributed by atoms with Crippen molar-refractivity contribution in [3.05, 3.63) is 0 Å². The van der Waals surface area contributed by atoms with Crippen molar-refractivity contribution in [3.63, 3.8) is 0 Å². The lowest BCUT2D eigenvalue weighted by Gasteiger charge is -2.23. The van der Waals surface area contributed by atoms with Gasteiger partial charge in [-0.1, -0.05) is 19.8 Å². The van der Waals surface area contributed by atoms with Crippen LogP contribution in [0.25, 0.3) is 0 Å². The molecule has 1 saturated carbocycles. The van der Waals surface area contributed by atoms with Crippen molar-refractivity contribution >= 4 is 11.9 Å². The summed E-state index contributed by atoms with van der Waals surface area (Å²) in [5.41, 5.74) is -0.344. The van der Waals surface area contributed by atoms with Gasteiger partial charge in [-0.15, -0.1) is 0 Å². The molecule has 1 aliphatic rings. The molecule has 1 atom stereocenters. The minimum Gasteiger partial charge on any atom is -0.480 e. The molecule has 1 aliphatic carbocycles. The maximum absolute atomic E-state index is 11.7. The number of aliphatic carboxylic acids is 1. The molecule has 0 aliphatic heterocycles. The monoisotopic (exact) mass is 199 g/mol. The van der Waals surface area contributed by atoms with E-state index in [4.69, 9.17) is 5.11 Å². The normalized spacial score (nSPS) is 21.6. The van der Waals surface area contributed by atoms with E-state index in [2.05, 4.69) is 5.32 Å². The Bertz CT molecular complexity index is 244. The van der Waals surface area contributed by atoms with Crippen molar-refractivity contribution < 1.29 is 14.7 Å². The third-order valence-corrected chi connectivity index (χ3v) is 2.97. The van der Waals surface area contributed by atoms with E-state index in [1.807, 2.05) is 6.92 Å². The van der Waals surface area contributed by atoms with Gasteiger partial charge in [0.05, 0.1) is 0 Å². The minimum atomic E-state index is -0.986. The van der Waals surface area contributed by atoms with Gasteiger partial charge in [0, 0.05) is 5.41 Å². The van der Waals surface area contributed by atoms with Crippen LogP contribution in [0.15, 0.2) is 0 Å². The highest BCUT2D eigenvalue weighted by Crippen LogP contribution is 2.37. The van der Waals surface area contributed by atoms with Crippen LogP contribution >= 0.6 is 0 Å². The molecular weight excluding hydrogens is 182 g/mol. The van der Waals surface area contributed by atoms with Crippen molar-refractivity contribution in [1.82, 2.24) is 5.32 Å². The Balaban J connectivity index is 2.53. The summed E-state index contributed by atoms with van der Waals surface area (Å²) in [5.74, 6) is -1.11. The zero-order valence-electron chi connectivity index (χ0n) is 8.67. The van der Waals surface area contributed by atoms with Gasteiger partial charge in [-0.3, -0.25) is 9.59 Å². The number of amides is 1. The van der Waals surface area contributed by atoms with Gasteiger partial charge in [-0.2, -0.15) is 0 Å². The molecule has 0 aromatic rings. The average molecular weight is 199 g/mol. The maximum Gasteiger partial charge on any atom is 0.325 e. The first-order valence-corrected chi connectivity index (χ1v) is 4.99. The fraction of sp³-hybridized carbons (Fsp3) is 0.800. The lowest BCUT2D eigenvalue weighted by molar-refractivity contribution is -0.143. The van der Waals surface area contributed by atoms with Crippen molar-refractivity contribution in [2.75, 3.05) is 0 Å². The summed E-state index contributed by atoms with van der Waals surface area (Å²) in [6, 6.07) is -0.792. The number of carbonyl (C=O) groups is 2. The molecule has 0 radical (unpaired) electrons. The predicted octanol–water partition coefficient (Wildman–Crippen LogP) is 1.16. The number of rotatable bonds is 3. The van der Waals surface area contributed by atoms with Crippen LogP contribution in [0.3, 0.4) is 0 Å². The SMILES string of the molecule is CC(NC(=O)C1(C)CCCC1)C(=O)O. The standard InChI is InChI=1S/C10H17NO3/c1-7(8(12)13)11-9(14)10(2)5-3-4-6-10/h7H,3-6H2,1-2H3,(H,11,14)(H,12,13). The number of hydrogen-bond donors (Lipinski definition) is 2. The van der Waals surface area contributed by atoms with E-state index in [0.717, 1.165) is 25.7 Å². The first kappa shape index (κ1) is 11.0. The molecular formula is C10H17NO3. The van der Waals surface area contributed by atoms with Crippen LogP contribution in [0.1, 0.15) is 39.5 Å². The zero-order valence-corrected chi connectivity index (χ0v) is 8.67. The second-order valence-electron chi connectivity index (χ2n) is 4.30. The van der Waals surface area contributed by atoms with Gasteiger partial charge in [0.25, 0.3) is 0 Å². The van der Waals surface area contributed by atoms with Crippen LogP contribution in [-0.2, 0) is 9.59 Å². The molecule has 14 heavy (non-hydrogen) atoms. The Morgan fingerprint density at radius 2 is 1.86 bits per heavy atom. The summed E-state index contributed by atoms with van der Waals surface area (Å²) in [6.07, 6.45) is 3.85. The van der Waals surface area contributed by atoms with E-state index in [0.29, 0.717) is 0 Å². The zero-order chi connectivity index (χ0) is 10.8. The van der Waals surface area contributed by atoms with Crippen LogP contribution in [0.4, 0.5) is 0 Å². The third-order valence-electron chi connectivity index (χ3n) is 2.97. The summed E-state index contributed by atoms with van der Waals surface area (Å²) in [6.45, 7) is 3.39. The molecule has 1 fully saturated rings. The molecule has 1 rings (SSSR count). The summed E-state index contributed by atoms with van der Waals surface area (Å²) < 4.78 is 0. The molecule has 2 N–H and O–H groups in total. The first-order chi connectivity index (χ1) is 6.46. The quantitative estimate of drug-likeness (QED) is 0.716. The lowest BCUT2D eigenvalue weighted by atomic mass is 9.87. The molecule has 4 heteroatoms. The smallest absolute Gasteiger partial charge is 0.325 e. The molecule has 0 aromatic carbocycles. The number of carboxylic acids is 1. The second kappa shape index (κ2) is 3.98. The lowest BCUT2D eigenvalue weighted by Crippen LogP contribution is -2.45. The molecule has 0 heterocycles. The van der Waals surface area contributed by atoms with Crippen molar-refractivity contribution in [3.8, 4) is 0 Å². The van der Waals surface area contributed by atoms with E-state index in [-0.39, 0.29) is 11.3 Å². The highest BCUT2D eigenvalue weighted by Gasteiger charge is 2.37. The van der Waals surface area contributed by atoms with E-state index in [1.54, 1.807) is 0 Å².